The molecule has 9 heteroatoms. The molecule has 0 atom stereocenters. The van der Waals surface area contributed by atoms with Crippen LogP contribution in [-0.4, -0.2) is 28.7 Å². The normalized spacial score (nSPS) is 12.7. The van der Waals surface area contributed by atoms with Gasteiger partial charge in [0.1, 0.15) is 5.69 Å². The number of hydrogen-bond acceptors (Lipinski definition) is 4. The van der Waals surface area contributed by atoms with Crippen molar-refractivity contribution in [3.05, 3.63) is 65.7 Å². The average molecular weight is 401 g/mol. The molecule has 6 nitrogen and oxygen atoms in total. The van der Waals surface area contributed by atoms with Crippen molar-refractivity contribution in [2.75, 3.05) is 12.4 Å². The first-order chi connectivity index (χ1) is 13.7. The molecule has 2 aromatic heterocycles. The zero-order valence-corrected chi connectivity index (χ0v) is 15.7. The van der Waals surface area contributed by atoms with Crippen molar-refractivity contribution in [2.24, 2.45) is 17.8 Å². The molecule has 0 aliphatic rings. The lowest BCUT2D eigenvalue weighted by molar-refractivity contribution is -0.141. The largest absolute Gasteiger partial charge is 0.433 e. The Hall–Kier alpha value is -3.62. The number of nitrogens with one attached hydrogen (secondary N) is 1. The van der Waals surface area contributed by atoms with E-state index in [-0.39, 0.29) is 5.69 Å². The third kappa shape index (κ3) is 4.13. The highest BCUT2D eigenvalue weighted by Crippen LogP contribution is 2.29. The summed E-state index contributed by atoms with van der Waals surface area (Å²) >= 11 is 0. The number of anilines is 1. The van der Waals surface area contributed by atoms with Gasteiger partial charge in [-0.1, -0.05) is 6.07 Å². The Labute approximate surface area is 164 Å². The third-order valence-electron chi connectivity index (χ3n) is 4.32. The maximum Gasteiger partial charge on any atom is 0.433 e. The second-order valence-corrected chi connectivity index (χ2v) is 6.28. The Balaban J connectivity index is 2.00. The molecule has 1 amide bonds. The quantitative estimate of drug-likeness (QED) is 0.652. The summed E-state index contributed by atoms with van der Waals surface area (Å²) in [5, 5.41) is 3.14. The van der Waals surface area contributed by atoms with Crippen molar-refractivity contribution in [3.8, 4) is 0 Å². The molecule has 0 aliphatic carbocycles. The van der Waals surface area contributed by atoms with Gasteiger partial charge in [0.15, 0.2) is 0 Å². The second kappa shape index (κ2) is 7.78. The van der Waals surface area contributed by atoms with Gasteiger partial charge in [-0.05, 0) is 29.8 Å². The molecule has 3 N–H and O–H groups in total. The summed E-state index contributed by atoms with van der Waals surface area (Å²) in [6, 6.07) is 7.57. The van der Waals surface area contributed by atoms with Crippen molar-refractivity contribution in [2.45, 2.75) is 6.18 Å². The summed E-state index contributed by atoms with van der Waals surface area (Å²) in [6.45, 7) is 0. The molecule has 1 aromatic carbocycles. The fraction of sp³-hybridized carbons (Fsp3) is 0.150. The van der Waals surface area contributed by atoms with Crippen molar-refractivity contribution in [3.63, 3.8) is 0 Å². The van der Waals surface area contributed by atoms with Crippen LogP contribution in [0.15, 0.2) is 53.9 Å². The number of aromatic nitrogens is 2. The number of rotatable bonds is 4. The van der Waals surface area contributed by atoms with E-state index in [1.807, 2.05) is 12.1 Å². The highest BCUT2D eigenvalue weighted by molar-refractivity contribution is 6.15. The fourth-order valence-electron chi connectivity index (χ4n) is 2.97. The number of allylic oxidation sites excluding steroid dienone is 1. The molecule has 0 saturated heterocycles. The summed E-state index contributed by atoms with van der Waals surface area (Å²) in [4.78, 5) is 20.0. The Morgan fingerprint density at radius 2 is 2.03 bits per heavy atom. The zero-order valence-electron chi connectivity index (χ0n) is 15.7. The lowest BCUT2D eigenvalue weighted by Crippen LogP contribution is -2.14. The molecule has 0 bridgehead atoms. The van der Waals surface area contributed by atoms with E-state index in [2.05, 4.69) is 15.3 Å². The third-order valence-corrected chi connectivity index (χ3v) is 4.32. The van der Waals surface area contributed by atoms with Crippen LogP contribution in [0.2, 0.25) is 0 Å². The van der Waals surface area contributed by atoms with E-state index in [9.17, 15) is 18.0 Å². The van der Waals surface area contributed by atoms with Crippen LogP contribution in [0.4, 0.5) is 18.9 Å². The molecule has 0 radical (unpaired) electrons. The van der Waals surface area contributed by atoms with Crippen LogP contribution in [0.25, 0.3) is 16.5 Å². The first-order valence-electron chi connectivity index (χ1n) is 8.52. The number of nitrogens with two attached hydrogens (primary N) is 1. The first kappa shape index (κ1) is 20.1. The number of carbonyl (C=O) groups excluding carboxylic acids is 1. The van der Waals surface area contributed by atoms with E-state index in [4.69, 9.17) is 5.73 Å². The predicted octanol–water partition coefficient (Wildman–Crippen LogP) is 3.84. The molecule has 150 valence electrons. The van der Waals surface area contributed by atoms with Gasteiger partial charge in [-0.3, -0.25) is 14.8 Å². The lowest BCUT2D eigenvalue weighted by Gasteiger charge is -2.09. The number of fused-ring (bicyclic) bond motifs is 1. The van der Waals surface area contributed by atoms with E-state index < -0.39 is 17.8 Å². The number of carbonyl (C=O) groups is 1. The molecule has 2 heterocycles. The average Bonchev–Trinajstić information content (AvgIpc) is 3.02. The van der Waals surface area contributed by atoms with Gasteiger partial charge in [-0.2, -0.15) is 13.2 Å². The van der Waals surface area contributed by atoms with Gasteiger partial charge in [0.05, 0.1) is 5.56 Å². The number of pyridine rings is 1. The molecule has 3 rings (SSSR count). The van der Waals surface area contributed by atoms with E-state index in [1.165, 1.54) is 12.3 Å². The SMILES string of the molecule is CN=CC(=CN)c1ccc2c(c1)c(C(=O)Nc1ccnc(C(F)(F)F)c1)cn2C. The zero-order chi connectivity index (χ0) is 21.2. The number of hydrogen-bond donors (Lipinski definition) is 2. The number of aliphatic imine (C=N–C) groups is 1. The molecule has 0 fully saturated rings. The molecule has 0 saturated carbocycles. The van der Waals surface area contributed by atoms with Gasteiger partial charge in [0.25, 0.3) is 5.91 Å². The lowest BCUT2D eigenvalue weighted by atomic mass is 10.0. The first-order valence-corrected chi connectivity index (χ1v) is 8.52. The summed E-state index contributed by atoms with van der Waals surface area (Å²) in [5.74, 6) is -0.533. The number of benzene rings is 1. The van der Waals surface area contributed by atoms with E-state index >= 15 is 0 Å². The Kier molecular flexibility index (Phi) is 5.40. The molecular formula is C20H18F3N5O. The minimum atomic E-state index is -4.60. The minimum Gasteiger partial charge on any atom is -0.404 e. The summed E-state index contributed by atoms with van der Waals surface area (Å²) < 4.78 is 40.3. The maximum absolute atomic E-state index is 12.9. The van der Waals surface area contributed by atoms with Crippen LogP contribution in [0.1, 0.15) is 21.6 Å². The fourth-order valence-corrected chi connectivity index (χ4v) is 2.97. The molecule has 0 aliphatic heterocycles. The highest BCUT2D eigenvalue weighted by atomic mass is 19.4. The standard InChI is InChI=1S/C20H18F3N5O/c1-25-10-13(9-24)12-3-4-17-15(7-12)16(11-28(17)2)19(29)27-14-5-6-26-18(8-14)20(21,22)23/h3-11H,24H2,1-2H3,(H,26,27,29). The van der Waals surface area contributed by atoms with Crippen molar-refractivity contribution < 1.29 is 18.0 Å². The summed E-state index contributed by atoms with van der Waals surface area (Å²) in [7, 11) is 3.40. The molecular weight excluding hydrogens is 383 g/mol. The smallest absolute Gasteiger partial charge is 0.404 e. The molecule has 29 heavy (non-hydrogen) atoms. The monoisotopic (exact) mass is 401 g/mol. The Bertz CT molecular complexity index is 1130. The van der Waals surface area contributed by atoms with Gasteiger partial charge >= 0.3 is 6.18 Å². The van der Waals surface area contributed by atoms with Crippen LogP contribution in [0.3, 0.4) is 0 Å². The van der Waals surface area contributed by atoms with Gasteiger partial charge in [-0.15, -0.1) is 0 Å². The topological polar surface area (TPSA) is 85.3 Å². The van der Waals surface area contributed by atoms with Gasteiger partial charge in [0.2, 0.25) is 0 Å². The van der Waals surface area contributed by atoms with Crippen molar-refractivity contribution >= 4 is 34.3 Å². The van der Waals surface area contributed by atoms with Crippen LogP contribution < -0.4 is 11.1 Å². The van der Waals surface area contributed by atoms with Crippen molar-refractivity contribution in [1.29, 1.82) is 0 Å². The van der Waals surface area contributed by atoms with Crippen LogP contribution in [0.5, 0.6) is 0 Å². The molecule has 0 spiro atoms. The van der Waals surface area contributed by atoms with Crippen LogP contribution in [-0.2, 0) is 13.2 Å². The number of alkyl halides is 3. The predicted molar refractivity (Wildman–Crippen MR) is 107 cm³/mol. The Morgan fingerprint density at radius 1 is 1.28 bits per heavy atom. The van der Waals surface area contributed by atoms with Crippen molar-refractivity contribution in [1.82, 2.24) is 9.55 Å². The Morgan fingerprint density at radius 3 is 2.69 bits per heavy atom. The second-order valence-electron chi connectivity index (χ2n) is 6.28. The minimum absolute atomic E-state index is 0.00569. The highest BCUT2D eigenvalue weighted by Gasteiger charge is 2.32. The number of amides is 1. The summed E-state index contributed by atoms with van der Waals surface area (Å²) in [6.07, 6.45) is 1.03. The number of aryl methyl sites for hydroxylation is 1. The molecule has 0 unspecified atom stereocenters. The van der Waals surface area contributed by atoms with Crippen LogP contribution in [0, 0.1) is 0 Å². The van der Waals surface area contributed by atoms with E-state index in [1.54, 1.807) is 37.1 Å². The van der Waals surface area contributed by atoms with Gasteiger partial charge in [-0.25, -0.2) is 0 Å². The van der Waals surface area contributed by atoms with Gasteiger partial charge < -0.3 is 15.6 Å². The number of halogens is 3. The number of nitrogens with zero attached hydrogens (tertiary/aromatic N) is 3. The molecule has 3 aromatic rings. The van der Waals surface area contributed by atoms with E-state index in [0.29, 0.717) is 16.5 Å². The maximum atomic E-state index is 12.9. The van der Waals surface area contributed by atoms with E-state index in [0.717, 1.165) is 23.3 Å². The van der Waals surface area contributed by atoms with Gasteiger partial charge in [0, 0.05) is 61.1 Å². The summed E-state index contributed by atoms with van der Waals surface area (Å²) in [5.41, 5.74) is 7.12. The van der Waals surface area contributed by atoms with Crippen LogP contribution >= 0.6 is 0 Å².